The number of anilines is 1. The van der Waals surface area contributed by atoms with E-state index in [2.05, 4.69) is 14.9 Å². The second-order valence-electron chi connectivity index (χ2n) is 7.47. The van der Waals surface area contributed by atoms with E-state index in [0.717, 1.165) is 35.1 Å². The molecule has 3 heterocycles. The minimum absolute atomic E-state index is 0.0615. The Morgan fingerprint density at radius 3 is 2.53 bits per heavy atom. The molecule has 30 heavy (non-hydrogen) atoms. The molecule has 0 atom stereocenters. The average molecular weight is 418 g/mol. The monoisotopic (exact) mass is 417 g/mol. The molecule has 2 N–H and O–H groups in total. The maximum Gasteiger partial charge on any atom is 0.258 e. The number of hydrogen-bond acceptors (Lipinski definition) is 6. The zero-order valence-corrected chi connectivity index (χ0v) is 17.2. The molecule has 0 unspecified atom stereocenters. The summed E-state index contributed by atoms with van der Waals surface area (Å²) in [7, 11) is 2.05. The van der Waals surface area contributed by atoms with Crippen LogP contribution in [0.1, 0.15) is 0 Å². The highest BCUT2D eigenvalue weighted by Gasteiger charge is 2.27. The molecule has 2 aromatic carbocycles. The lowest BCUT2D eigenvalue weighted by Gasteiger charge is -2.35. The Morgan fingerprint density at radius 1 is 1.00 bits per heavy atom. The number of likely N-dealkylation sites (tertiary alicyclic amines) is 1. The zero-order chi connectivity index (χ0) is 20.7. The first kappa shape index (κ1) is 18.8. The first-order valence-corrected chi connectivity index (χ1v) is 10.1. The fourth-order valence-corrected chi connectivity index (χ4v) is 3.95. The Kier molecular flexibility index (Phi) is 4.73. The quantitative estimate of drug-likeness (QED) is 0.533. The molecule has 0 radical (unpaired) electrons. The van der Waals surface area contributed by atoms with E-state index in [-0.39, 0.29) is 11.9 Å². The minimum atomic E-state index is 0.0615. The molecule has 0 saturated carbocycles. The summed E-state index contributed by atoms with van der Waals surface area (Å²) < 4.78 is 6.04. The molecule has 0 spiro atoms. The predicted octanol–water partition coefficient (Wildman–Crippen LogP) is 4.29. The van der Waals surface area contributed by atoms with Crippen molar-refractivity contribution in [2.45, 2.75) is 6.10 Å². The minimum Gasteiger partial charge on any atom is -0.469 e. The lowest BCUT2D eigenvalue weighted by atomic mass is 10.0. The molecule has 4 aromatic rings. The summed E-state index contributed by atoms with van der Waals surface area (Å²) in [6.07, 6.45) is 1.79. The van der Waals surface area contributed by atoms with Crippen LogP contribution in [0.15, 0.2) is 60.8 Å². The number of hydrogen-bond donors (Lipinski definition) is 1. The van der Waals surface area contributed by atoms with Crippen LogP contribution in [-0.4, -0.2) is 46.1 Å². The maximum absolute atomic E-state index is 6.54. The third kappa shape index (κ3) is 3.44. The number of halogens is 1. The van der Waals surface area contributed by atoms with Gasteiger partial charge in [0.2, 0.25) is 0 Å². The number of nitrogens with zero attached hydrogens (tertiary/aromatic N) is 4. The van der Waals surface area contributed by atoms with Crippen molar-refractivity contribution in [2.75, 3.05) is 25.9 Å². The molecular weight excluding hydrogens is 398 g/mol. The number of rotatable bonds is 4. The van der Waals surface area contributed by atoms with Gasteiger partial charge in [-0.25, -0.2) is 9.97 Å². The van der Waals surface area contributed by atoms with Gasteiger partial charge in [0.25, 0.3) is 5.88 Å². The van der Waals surface area contributed by atoms with Crippen molar-refractivity contribution in [1.29, 1.82) is 0 Å². The SMILES string of the molecule is CN1CC(Oc2nc(-c3cc(Cl)c4ncccc4c3)c(-c3ccccc3)nc2N)C1. The van der Waals surface area contributed by atoms with E-state index in [1.165, 1.54) is 0 Å². The highest BCUT2D eigenvalue weighted by Crippen LogP contribution is 2.36. The number of benzene rings is 2. The van der Waals surface area contributed by atoms with Gasteiger partial charge in [0.05, 0.1) is 16.2 Å². The van der Waals surface area contributed by atoms with Crippen LogP contribution in [0.3, 0.4) is 0 Å². The molecule has 7 heteroatoms. The third-order valence-corrected chi connectivity index (χ3v) is 5.47. The highest BCUT2D eigenvalue weighted by atomic mass is 35.5. The lowest BCUT2D eigenvalue weighted by Crippen LogP contribution is -2.51. The molecule has 1 saturated heterocycles. The average Bonchev–Trinajstić information content (AvgIpc) is 2.74. The Balaban J connectivity index is 1.68. The van der Waals surface area contributed by atoms with Crippen LogP contribution in [0.2, 0.25) is 5.02 Å². The first-order chi connectivity index (χ1) is 14.6. The van der Waals surface area contributed by atoms with Crippen molar-refractivity contribution < 1.29 is 4.74 Å². The fourth-order valence-electron chi connectivity index (χ4n) is 3.68. The number of nitrogen functional groups attached to an aromatic ring is 1. The van der Waals surface area contributed by atoms with E-state index in [4.69, 9.17) is 27.1 Å². The molecule has 1 fully saturated rings. The van der Waals surface area contributed by atoms with Crippen LogP contribution in [0.5, 0.6) is 5.88 Å². The van der Waals surface area contributed by atoms with Gasteiger partial charge in [-0.05, 0) is 25.2 Å². The van der Waals surface area contributed by atoms with Gasteiger partial charge >= 0.3 is 0 Å². The van der Waals surface area contributed by atoms with Gasteiger partial charge in [-0.2, -0.15) is 0 Å². The molecule has 1 aliphatic rings. The lowest BCUT2D eigenvalue weighted by molar-refractivity contribution is 0.0360. The number of nitrogens with two attached hydrogens (primary N) is 1. The Bertz CT molecular complexity index is 1230. The highest BCUT2D eigenvalue weighted by molar-refractivity contribution is 6.35. The van der Waals surface area contributed by atoms with Gasteiger partial charge in [-0.3, -0.25) is 9.88 Å². The second-order valence-corrected chi connectivity index (χ2v) is 7.88. The van der Waals surface area contributed by atoms with Crippen molar-refractivity contribution in [3.8, 4) is 28.4 Å². The van der Waals surface area contributed by atoms with Gasteiger partial charge in [-0.15, -0.1) is 0 Å². The first-order valence-electron chi connectivity index (χ1n) is 9.71. The smallest absolute Gasteiger partial charge is 0.258 e. The Hall–Kier alpha value is -3.22. The molecule has 6 nitrogen and oxygen atoms in total. The number of pyridine rings is 1. The summed E-state index contributed by atoms with van der Waals surface area (Å²) in [4.78, 5) is 16.0. The summed E-state index contributed by atoms with van der Waals surface area (Å²) in [5.41, 5.74) is 10.1. The predicted molar refractivity (Wildman–Crippen MR) is 120 cm³/mol. The van der Waals surface area contributed by atoms with Crippen molar-refractivity contribution in [2.24, 2.45) is 0 Å². The molecule has 2 aromatic heterocycles. The van der Waals surface area contributed by atoms with E-state index in [1.54, 1.807) is 6.20 Å². The van der Waals surface area contributed by atoms with Crippen LogP contribution >= 0.6 is 11.6 Å². The van der Waals surface area contributed by atoms with Gasteiger partial charge in [0.1, 0.15) is 11.8 Å². The largest absolute Gasteiger partial charge is 0.469 e. The molecule has 5 rings (SSSR count). The van der Waals surface area contributed by atoms with Crippen LogP contribution < -0.4 is 10.5 Å². The zero-order valence-electron chi connectivity index (χ0n) is 16.4. The van der Waals surface area contributed by atoms with Gasteiger partial charge in [0, 0.05) is 35.8 Å². The third-order valence-electron chi connectivity index (χ3n) is 5.18. The van der Waals surface area contributed by atoms with Crippen LogP contribution in [0.25, 0.3) is 33.4 Å². The summed E-state index contributed by atoms with van der Waals surface area (Å²) in [5, 5.41) is 1.49. The van der Waals surface area contributed by atoms with E-state index < -0.39 is 0 Å². The molecule has 0 bridgehead atoms. The fraction of sp³-hybridized carbons (Fsp3) is 0.174. The van der Waals surface area contributed by atoms with E-state index in [1.807, 2.05) is 61.6 Å². The second kappa shape index (κ2) is 7.55. The van der Waals surface area contributed by atoms with Crippen LogP contribution in [0, 0.1) is 0 Å². The molecule has 0 amide bonds. The molecule has 150 valence electrons. The Labute approximate surface area is 179 Å². The van der Waals surface area contributed by atoms with Crippen molar-refractivity contribution in [3.05, 3.63) is 65.8 Å². The Morgan fingerprint density at radius 2 is 1.77 bits per heavy atom. The van der Waals surface area contributed by atoms with Gasteiger partial charge in [0.15, 0.2) is 5.82 Å². The van der Waals surface area contributed by atoms with E-state index in [9.17, 15) is 0 Å². The van der Waals surface area contributed by atoms with Gasteiger partial charge < -0.3 is 10.5 Å². The summed E-state index contributed by atoms with van der Waals surface area (Å²) in [6.45, 7) is 1.68. The molecular formula is C23H20ClN5O. The number of aromatic nitrogens is 3. The van der Waals surface area contributed by atoms with E-state index in [0.29, 0.717) is 22.3 Å². The summed E-state index contributed by atoms with van der Waals surface area (Å²) in [5.74, 6) is 0.630. The van der Waals surface area contributed by atoms with Crippen molar-refractivity contribution in [1.82, 2.24) is 19.9 Å². The standard InChI is InChI=1S/C23H20ClN5O/c1-29-12-17(13-29)30-23-22(25)27-20(14-6-3-2-4-7-14)21(28-23)16-10-15-8-5-9-26-19(15)18(24)11-16/h2-11,17H,12-13H2,1H3,(H2,25,27). The normalized spacial score (nSPS) is 14.6. The molecule has 1 aliphatic heterocycles. The molecule has 0 aliphatic carbocycles. The van der Waals surface area contributed by atoms with Gasteiger partial charge in [-0.1, -0.05) is 48.0 Å². The number of fused-ring (bicyclic) bond motifs is 1. The summed E-state index contributed by atoms with van der Waals surface area (Å²) in [6, 6.07) is 17.6. The van der Waals surface area contributed by atoms with Crippen molar-refractivity contribution >= 4 is 28.3 Å². The topological polar surface area (TPSA) is 77.2 Å². The van der Waals surface area contributed by atoms with Crippen molar-refractivity contribution in [3.63, 3.8) is 0 Å². The van der Waals surface area contributed by atoms with Crippen LogP contribution in [-0.2, 0) is 0 Å². The summed E-state index contributed by atoms with van der Waals surface area (Å²) >= 11 is 6.54. The number of ether oxygens (including phenoxy) is 1. The maximum atomic E-state index is 6.54. The van der Waals surface area contributed by atoms with E-state index >= 15 is 0 Å². The van der Waals surface area contributed by atoms with Crippen LogP contribution in [0.4, 0.5) is 5.82 Å². The number of likely N-dealkylation sites (N-methyl/N-ethyl adjacent to an activating group) is 1.